The number of hydrogen-bond acceptors (Lipinski definition) is 3. The van der Waals surface area contributed by atoms with E-state index in [1.54, 1.807) is 7.11 Å². The van der Waals surface area contributed by atoms with Crippen LogP contribution < -0.4 is 10.1 Å². The molecule has 0 heterocycles. The van der Waals surface area contributed by atoms with Crippen LogP contribution in [0.3, 0.4) is 0 Å². The van der Waals surface area contributed by atoms with E-state index in [4.69, 9.17) is 16.3 Å². The van der Waals surface area contributed by atoms with Gasteiger partial charge < -0.3 is 15.0 Å². The minimum absolute atomic E-state index is 0.269. The summed E-state index contributed by atoms with van der Waals surface area (Å²) in [7, 11) is 5.86. The van der Waals surface area contributed by atoms with Crippen molar-refractivity contribution in [3.63, 3.8) is 0 Å². The maximum absolute atomic E-state index is 6.09. The van der Waals surface area contributed by atoms with Crippen molar-refractivity contribution < 1.29 is 4.74 Å². The summed E-state index contributed by atoms with van der Waals surface area (Å²) in [6.45, 7) is 4.06. The summed E-state index contributed by atoms with van der Waals surface area (Å²) >= 11 is 6.09. The third-order valence-corrected chi connectivity index (χ3v) is 3.12. The minimum Gasteiger partial charge on any atom is -0.496 e. The van der Waals surface area contributed by atoms with Gasteiger partial charge in [0.25, 0.3) is 0 Å². The minimum atomic E-state index is 0.269. The van der Waals surface area contributed by atoms with Crippen LogP contribution in [-0.4, -0.2) is 39.2 Å². The van der Waals surface area contributed by atoms with Crippen molar-refractivity contribution in [2.24, 2.45) is 0 Å². The Hall–Kier alpha value is -0.770. The second-order valence-corrected chi connectivity index (χ2v) is 5.02. The lowest BCUT2D eigenvalue weighted by Crippen LogP contribution is -2.26. The fraction of sp³-hybridized carbons (Fsp3) is 0.571. The number of nitrogens with one attached hydrogen (secondary N) is 1. The third kappa shape index (κ3) is 4.48. The lowest BCUT2D eigenvalue weighted by molar-refractivity contribution is 0.352. The summed E-state index contributed by atoms with van der Waals surface area (Å²) in [5.41, 5.74) is 1.13. The molecule has 0 spiro atoms. The Kier molecular flexibility index (Phi) is 6.47. The molecule has 1 atom stereocenters. The van der Waals surface area contributed by atoms with Gasteiger partial charge in [0, 0.05) is 16.6 Å². The molecule has 1 aromatic rings. The molecule has 18 heavy (non-hydrogen) atoms. The molecule has 0 bridgehead atoms. The standard InChI is InChI=1S/C14H23ClN2O/c1-5-16-13(8-9-17(2)3)12-10-11(15)6-7-14(12)18-4/h6-7,10,13,16H,5,8-9H2,1-4H3. The van der Waals surface area contributed by atoms with Crippen LogP contribution in [0.25, 0.3) is 0 Å². The van der Waals surface area contributed by atoms with Gasteiger partial charge in [0.1, 0.15) is 5.75 Å². The molecule has 0 aliphatic heterocycles. The Labute approximate surface area is 115 Å². The van der Waals surface area contributed by atoms with E-state index in [0.29, 0.717) is 0 Å². The Morgan fingerprint density at radius 3 is 2.67 bits per heavy atom. The number of hydrogen-bond donors (Lipinski definition) is 1. The Bertz CT molecular complexity index is 369. The first-order chi connectivity index (χ1) is 8.58. The van der Waals surface area contributed by atoms with Gasteiger partial charge in [0.05, 0.1) is 7.11 Å². The highest BCUT2D eigenvalue weighted by molar-refractivity contribution is 6.30. The molecule has 1 N–H and O–H groups in total. The number of ether oxygens (including phenoxy) is 1. The fourth-order valence-electron chi connectivity index (χ4n) is 1.98. The molecule has 1 rings (SSSR count). The van der Waals surface area contributed by atoms with Gasteiger partial charge in [-0.15, -0.1) is 0 Å². The Balaban J connectivity index is 2.92. The van der Waals surface area contributed by atoms with Gasteiger partial charge in [0.2, 0.25) is 0 Å². The van der Waals surface area contributed by atoms with Crippen LogP contribution >= 0.6 is 11.6 Å². The lowest BCUT2D eigenvalue weighted by Gasteiger charge is -2.22. The molecule has 0 amide bonds. The van der Waals surface area contributed by atoms with E-state index < -0.39 is 0 Å². The molecule has 1 aromatic carbocycles. The van der Waals surface area contributed by atoms with E-state index in [2.05, 4.69) is 31.2 Å². The highest BCUT2D eigenvalue weighted by Crippen LogP contribution is 2.30. The zero-order valence-corrected chi connectivity index (χ0v) is 12.4. The Morgan fingerprint density at radius 2 is 2.11 bits per heavy atom. The number of halogens is 1. The van der Waals surface area contributed by atoms with Gasteiger partial charge in [-0.3, -0.25) is 0 Å². The zero-order chi connectivity index (χ0) is 13.5. The molecular weight excluding hydrogens is 248 g/mol. The van der Waals surface area contributed by atoms with Gasteiger partial charge in [-0.25, -0.2) is 0 Å². The predicted octanol–water partition coefficient (Wildman–Crippen LogP) is 2.95. The summed E-state index contributed by atoms with van der Waals surface area (Å²) in [6.07, 6.45) is 1.03. The van der Waals surface area contributed by atoms with E-state index in [9.17, 15) is 0 Å². The molecule has 102 valence electrons. The summed E-state index contributed by atoms with van der Waals surface area (Å²) in [5, 5.41) is 4.24. The topological polar surface area (TPSA) is 24.5 Å². The van der Waals surface area contributed by atoms with Crippen molar-refractivity contribution in [3.05, 3.63) is 28.8 Å². The van der Waals surface area contributed by atoms with Crippen molar-refractivity contribution in [1.29, 1.82) is 0 Å². The quantitative estimate of drug-likeness (QED) is 0.824. The van der Waals surface area contributed by atoms with Crippen LogP contribution in [0, 0.1) is 0 Å². The van der Waals surface area contributed by atoms with Crippen LogP contribution in [0.2, 0.25) is 5.02 Å². The molecule has 0 radical (unpaired) electrons. The van der Waals surface area contributed by atoms with Gasteiger partial charge >= 0.3 is 0 Å². The molecule has 4 heteroatoms. The van der Waals surface area contributed by atoms with Gasteiger partial charge in [-0.2, -0.15) is 0 Å². The normalized spacial score (nSPS) is 12.8. The molecule has 0 saturated heterocycles. The highest BCUT2D eigenvalue weighted by atomic mass is 35.5. The summed E-state index contributed by atoms with van der Waals surface area (Å²) < 4.78 is 5.42. The number of rotatable bonds is 7. The van der Waals surface area contributed by atoms with Crippen molar-refractivity contribution >= 4 is 11.6 Å². The average Bonchev–Trinajstić information content (AvgIpc) is 2.34. The predicted molar refractivity (Wildman–Crippen MR) is 77.6 cm³/mol. The first-order valence-electron chi connectivity index (χ1n) is 6.30. The third-order valence-electron chi connectivity index (χ3n) is 2.88. The molecule has 0 aliphatic carbocycles. The molecule has 0 fully saturated rings. The van der Waals surface area contributed by atoms with E-state index >= 15 is 0 Å². The maximum atomic E-state index is 6.09. The van der Waals surface area contributed by atoms with Gasteiger partial charge in [-0.05, 0) is 51.8 Å². The number of methoxy groups -OCH3 is 1. The smallest absolute Gasteiger partial charge is 0.123 e. The summed E-state index contributed by atoms with van der Waals surface area (Å²) in [6, 6.07) is 6.05. The largest absolute Gasteiger partial charge is 0.496 e. The van der Waals surface area contributed by atoms with Crippen molar-refractivity contribution in [2.45, 2.75) is 19.4 Å². The molecule has 0 saturated carbocycles. The average molecular weight is 271 g/mol. The molecule has 1 unspecified atom stereocenters. The summed E-state index contributed by atoms with van der Waals surface area (Å²) in [5.74, 6) is 0.893. The molecule has 0 aliphatic rings. The van der Waals surface area contributed by atoms with Crippen LogP contribution in [0.4, 0.5) is 0 Å². The molecular formula is C14H23ClN2O. The highest BCUT2D eigenvalue weighted by Gasteiger charge is 2.15. The fourth-order valence-corrected chi connectivity index (χ4v) is 2.16. The van der Waals surface area contributed by atoms with Crippen LogP contribution in [-0.2, 0) is 0 Å². The SMILES string of the molecule is CCNC(CCN(C)C)c1cc(Cl)ccc1OC. The first kappa shape index (κ1) is 15.3. The van der Waals surface area contributed by atoms with E-state index in [1.165, 1.54) is 0 Å². The van der Waals surface area contributed by atoms with Crippen LogP contribution in [0.1, 0.15) is 24.9 Å². The van der Waals surface area contributed by atoms with E-state index in [1.807, 2.05) is 18.2 Å². The van der Waals surface area contributed by atoms with Crippen molar-refractivity contribution in [3.8, 4) is 5.75 Å². The number of nitrogens with zero attached hydrogens (tertiary/aromatic N) is 1. The maximum Gasteiger partial charge on any atom is 0.123 e. The molecule has 0 aromatic heterocycles. The second-order valence-electron chi connectivity index (χ2n) is 4.59. The summed E-state index contributed by atoms with van der Waals surface area (Å²) in [4.78, 5) is 2.18. The van der Waals surface area contributed by atoms with E-state index in [-0.39, 0.29) is 6.04 Å². The Morgan fingerprint density at radius 1 is 1.39 bits per heavy atom. The zero-order valence-electron chi connectivity index (χ0n) is 11.7. The van der Waals surface area contributed by atoms with E-state index in [0.717, 1.165) is 35.8 Å². The molecule has 3 nitrogen and oxygen atoms in total. The monoisotopic (exact) mass is 270 g/mol. The first-order valence-corrected chi connectivity index (χ1v) is 6.67. The van der Waals surface area contributed by atoms with Gasteiger partial charge in [0.15, 0.2) is 0 Å². The lowest BCUT2D eigenvalue weighted by atomic mass is 10.0. The van der Waals surface area contributed by atoms with Crippen molar-refractivity contribution in [2.75, 3.05) is 34.3 Å². The van der Waals surface area contributed by atoms with Crippen LogP contribution in [0.15, 0.2) is 18.2 Å². The second kappa shape index (κ2) is 7.62. The van der Waals surface area contributed by atoms with Crippen molar-refractivity contribution in [1.82, 2.24) is 10.2 Å². The van der Waals surface area contributed by atoms with Gasteiger partial charge in [-0.1, -0.05) is 18.5 Å². The number of benzene rings is 1. The van der Waals surface area contributed by atoms with Crippen LogP contribution in [0.5, 0.6) is 5.75 Å².